The van der Waals surface area contributed by atoms with Crippen LogP contribution in [0.15, 0.2) is 90.6 Å². The van der Waals surface area contributed by atoms with Gasteiger partial charge in [-0.15, -0.1) is 0 Å². The second kappa shape index (κ2) is 12.6. The highest BCUT2D eigenvalue weighted by molar-refractivity contribution is 6.41. The van der Waals surface area contributed by atoms with Crippen LogP contribution in [-0.2, 0) is 32.3 Å². The fraction of sp³-hybridized carbons (Fsp3) is 0.148. The SMILES string of the molecule is CCOC(=O)C(=O)/C(=C/c1ccccc1)NC(=O)OCc1ccc(OCc2ccccc2)cc1. The Hall–Kier alpha value is -4.39. The molecule has 0 fully saturated rings. The lowest BCUT2D eigenvalue weighted by atomic mass is 10.1. The molecule has 3 aromatic carbocycles. The lowest BCUT2D eigenvalue weighted by Gasteiger charge is -2.11. The molecule has 0 unspecified atom stereocenters. The molecule has 3 rings (SSSR count). The Bertz CT molecular complexity index is 1120. The normalized spacial score (nSPS) is 10.8. The molecule has 3 aromatic rings. The first kappa shape index (κ1) is 24.3. The van der Waals surface area contributed by atoms with Crippen LogP contribution < -0.4 is 10.1 Å². The standard InChI is InChI=1S/C27H25NO6/c1-2-32-26(30)25(29)24(17-20-9-5-3-6-10-20)28-27(31)34-19-22-13-15-23(16-14-22)33-18-21-11-7-4-8-12-21/h3-17H,2,18-19H2,1H3,(H,28,31)/b24-17-. The van der Waals surface area contributed by atoms with Gasteiger partial charge in [-0.3, -0.25) is 10.1 Å². The van der Waals surface area contributed by atoms with Crippen LogP contribution >= 0.6 is 0 Å². The van der Waals surface area contributed by atoms with Crippen LogP contribution in [-0.4, -0.2) is 24.5 Å². The van der Waals surface area contributed by atoms with Crippen LogP contribution in [0, 0.1) is 0 Å². The lowest BCUT2D eigenvalue weighted by molar-refractivity contribution is -0.151. The summed E-state index contributed by atoms with van der Waals surface area (Å²) in [5.74, 6) is -1.34. The van der Waals surface area contributed by atoms with Gasteiger partial charge >= 0.3 is 12.1 Å². The monoisotopic (exact) mass is 459 g/mol. The predicted molar refractivity (Wildman–Crippen MR) is 127 cm³/mol. The number of ketones is 1. The molecule has 0 heterocycles. The average Bonchev–Trinajstić information content (AvgIpc) is 2.87. The summed E-state index contributed by atoms with van der Waals surface area (Å²) in [5, 5.41) is 2.35. The van der Waals surface area contributed by atoms with E-state index in [1.54, 1.807) is 55.5 Å². The molecular formula is C27H25NO6. The number of carbonyl (C=O) groups is 3. The van der Waals surface area contributed by atoms with Gasteiger partial charge < -0.3 is 14.2 Å². The molecular weight excluding hydrogens is 434 g/mol. The predicted octanol–water partition coefficient (Wildman–Crippen LogP) is 4.67. The Labute approximate surface area is 198 Å². The lowest BCUT2D eigenvalue weighted by Crippen LogP contribution is -2.32. The van der Waals surface area contributed by atoms with E-state index in [1.165, 1.54) is 6.08 Å². The van der Waals surface area contributed by atoms with Crippen molar-refractivity contribution in [2.24, 2.45) is 0 Å². The van der Waals surface area contributed by atoms with E-state index in [9.17, 15) is 14.4 Å². The van der Waals surface area contributed by atoms with Gasteiger partial charge in [-0.1, -0.05) is 72.8 Å². The Morgan fingerprint density at radius 1 is 0.765 bits per heavy atom. The molecule has 1 amide bonds. The summed E-state index contributed by atoms with van der Waals surface area (Å²) in [5.41, 5.74) is 2.18. The summed E-state index contributed by atoms with van der Waals surface area (Å²) in [4.78, 5) is 36.6. The molecule has 174 valence electrons. The highest BCUT2D eigenvalue weighted by Gasteiger charge is 2.22. The van der Waals surface area contributed by atoms with Crippen molar-refractivity contribution in [3.05, 3.63) is 107 Å². The molecule has 0 atom stereocenters. The van der Waals surface area contributed by atoms with Gasteiger partial charge in [-0.25, -0.2) is 9.59 Å². The minimum Gasteiger partial charge on any atom is -0.489 e. The number of esters is 1. The number of hydrogen-bond acceptors (Lipinski definition) is 6. The van der Waals surface area contributed by atoms with Crippen LogP contribution in [0.2, 0.25) is 0 Å². The van der Waals surface area contributed by atoms with Crippen LogP contribution in [0.1, 0.15) is 23.6 Å². The highest BCUT2D eigenvalue weighted by Crippen LogP contribution is 2.15. The van der Waals surface area contributed by atoms with E-state index in [4.69, 9.17) is 14.2 Å². The van der Waals surface area contributed by atoms with Crippen molar-refractivity contribution < 1.29 is 28.6 Å². The molecule has 0 aliphatic rings. The third-order valence-corrected chi connectivity index (χ3v) is 4.59. The van der Waals surface area contributed by atoms with E-state index in [0.29, 0.717) is 17.9 Å². The molecule has 0 saturated heterocycles. The molecule has 0 saturated carbocycles. The number of hydrogen-bond donors (Lipinski definition) is 1. The number of amides is 1. The number of Topliss-reactive ketones (excluding diaryl/α,β-unsaturated/α-hetero) is 1. The van der Waals surface area contributed by atoms with Crippen molar-refractivity contribution in [1.82, 2.24) is 5.32 Å². The zero-order valence-electron chi connectivity index (χ0n) is 18.7. The Morgan fingerprint density at radius 3 is 2.03 bits per heavy atom. The van der Waals surface area contributed by atoms with E-state index in [1.807, 2.05) is 36.4 Å². The van der Waals surface area contributed by atoms with Crippen molar-refractivity contribution in [1.29, 1.82) is 0 Å². The zero-order chi connectivity index (χ0) is 24.2. The molecule has 34 heavy (non-hydrogen) atoms. The van der Waals surface area contributed by atoms with E-state index >= 15 is 0 Å². The van der Waals surface area contributed by atoms with E-state index in [-0.39, 0.29) is 18.9 Å². The molecule has 0 bridgehead atoms. The fourth-order valence-corrected chi connectivity index (χ4v) is 2.90. The van der Waals surface area contributed by atoms with Crippen molar-refractivity contribution in [2.45, 2.75) is 20.1 Å². The largest absolute Gasteiger partial charge is 0.489 e. The fourth-order valence-electron chi connectivity index (χ4n) is 2.90. The molecule has 7 nitrogen and oxygen atoms in total. The van der Waals surface area contributed by atoms with Crippen LogP contribution in [0.25, 0.3) is 6.08 Å². The van der Waals surface area contributed by atoms with Crippen molar-refractivity contribution in [3.63, 3.8) is 0 Å². The van der Waals surface area contributed by atoms with Crippen LogP contribution in [0.5, 0.6) is 5.75 Å². The molecule has 0 radical (unpaired) electrons. The van der Waals surface area contributed by atoms with Gasteiger partial charge in [0, 0.05) is 0 Å². The Morgan fingerprint density at radius 2 is 1.38 bits per heavy atom. The molecule has 0 aliphatic heterocycles. The third kappa shape index (κ3) is 7.63. The van der Waals surface area contributed by atoms with Gasteiger partial charge in [-0.2, -0.15) is 0 Å². The highest BCUT2D eigenvalue weighted by atomic mass is 16.6. The third-order valence-electron chi connectivity index (χ3n) is 4.59. The summed E-state index contributed by atoms with van der Waals surface area (Å²) in [6.45, 7) is 2.05. The van der Waals surface area contributed by atoms with Crippen molar-refractivity contribution >= 4 is 23.9 Å². The topological polar surface area (TPSA) is 90.9 Å². The summed E-state index contributed by atoms with van der Waals surface area (Å²) < 4.78 is 15.7. The maximum absolute atomic E-state index is 12.4. The quantitative estimate of drug-likeness (QED) is 0.269. The van der Waals surface area contributed by atoms with Crippen molar-refractivity contribution in [2.75, 3.05) is 6.61 Å². The summed E-state index contributed by atoms with van der Waals surface area (Å²) in [7, 11) is 0. The molecule has 1 N–H and O–H groups in total. The minimum absolute atomic E-state index is 0.0307. The smallest absolute Gasteiger partial charge is 0.412 e. The first-order valence-electron chi connectivity index (χ1n) is 10.7. The van der Waals surface area contributed by atoms with E-state index in [2.05, 4.69) is 5.32 Å². The van der Waals surface area contributed by atoms with E-state index in [0.717, 1.165) is 11.1 Å². The van der Waals surface area contributed by atoms with Gasteiger partial charge in [0.1, 0.15) is 19.0 Å². The minimum atomic E-state index is -1.06. The number of carbonyl (C=O) groups excluding carboxylic acids is 3. The van der Waals surface area contributed by atoms with Gasteiger partial charge in [0.05, 0.1) is 12.3 Å². The number of alkyl carbamates (subject to hydrolysis) is 1. The first-order valence-corrected chi connectivity index (χ1v) is 10.7. The van der Waals surface area contributed by atoms with Gasteiger partial charge in [0.25, 0.3) is 5.78 Å². The average molecular weight is 459 g/mol. The Kier molecular flexibility index (Phi) is 8.99. The Balaban J connectivity index is 1.57. The van der Waals surface area contributed by atoms with Gasteiger partial charge in [-0.05, 0) is 41.8 Å². The van der Waals surface area contributed by atoms with Crippen molar-refractivity contribution in [3.8, 4) is 5.75 Å². The van der Waals surface area contributed by atoms with Crippen LogP contribution in [0.4, 0.5) is 4.79 Å². The molecule has 7 heteroatoms. The van der Waals surface area contributed by atoms with E-state index < -0.39 is 17.8 Å². The number of rotatable bonds is 10. The summed E-state index contributed by atoms with van der Waals surface area (Å²) in [6, 6.07) is 25.7. The maximum Gasteiger partial charge on any atom is 0.412 e. The number of ether oxygens (including phenoxy) is 3. The van der Waals surface area contributed by atoms with Crippen LogP contribution in [0.3, 0.4) is 0 Å². The number of benzene rings is 3. The van der Waals surface area contributed by atoms with Gasteiger partial charge in [0.15, 0.2) is 0 Å². The molecule has 0 aromatic heterocycles. The summed E-state index contributed by atoms with van der Waals surface area (Å²) in [6.07, 6.45) is 0.517. The molecule has 0 aliphatic carbocycles. The summed E-state index contributed by atoms with van der Waals surface area (Å²) >= 11 is 0. The first-order chi connectivity index (χ1) is 16.5. The molecule has 0 spiro atoms. The maximum atomic E-state index is 12.4. The second-order valence-corrected chi connectivity index (χ2v) is 7.14. The zero-order valence-corrected chi connectivity index (χ0v) is 18.7. The van der Waals surface area contributed by atoms with Gasteiger partial charge in [0.2, 0.25) is 0 Å². The second-order valence-electron chi connectivity index (χ2n) is 7.14. The number of nitrogens with one attached hydrogen (secondary N) is 1.